The van der Waals surface area contributed by atoms with Gasteiger partial charge in [-0.2, -0.15) is 0 Å². The fourth-order valence-corrected chi connectivity index (χ4v) is 3.05. The predicted molar refractivity (Wildman–Crippen MR) is 77.2 cm³/mol. The Hall–Kier alpha value is -1.82. The van der Waals surface area contributed by atoms with Crippen molar-refractivity contribution in [3.8, 4) is 0 Å². The lowest BCUT2D eigenvalue weighted by atomic mass is 9.93. The largest absolute Gasteiger partial charge is 0.479 e. The maximum Gasteiger partial charge on any atom is 0.329 e. The van der Waals surface area contributed by atoms with Gasteiger partial charge in [-0.1, -0.05) is 6.92 Å². The van der Waals surface area contributed by atoms with E-state index < -0.39 is 11.5 Å². The minimum Gasteiger partial charge on any atom is -0.479 e. The van der Waals surface area contributed by atoms with Gasteiger partial charge in [0.05, 0.1) is 6.61 Å². The first-order valence-electron chi connectivity index (χ1n) is 7.26. The van der Waals surface area contributed by atoms with Crippen molar-refractivity contribution >= 4 is 11.9 Å². The highest BCUT2D eigenvalue weighted by atomic mass is 16.5. The fraction of sp³-hybridized carbons (Fsp3) is 0.600. The van der Waals surface area contributed by atoms with Crippen molar-refractivity contribution in [1.82, 2.24) is 9.47 Å². The first-order valence-corrected chi connectivity index (χ1v) is 7.26. The fourth-order valence-electron chi connectivity index (χ4n) is 3.05. The number of carboxylic acids is 1. The van der Waals surface area contributed by atoms with E-state index in [4.69, 9.17) is 4.74 Å². The molecule has 6 heteroatoms. The van der Waals surface area contributed by atoms with E-state index in [1.807, 2.05) is 17.7 Å². The third-order valence-electron chi connectivity index (χ3n) is 4.30. The van der Waals surface area contributed by atoms with E-state index in [-0.39, 0.29) is 5.91 Å². The van der Waals surface area contributed by atoms with E-state index in [1.165, 1.54) is 4.90 Å². The van der Waals surface area contributed by atoms with E-state index in [2.05, 4.69) is 0 Å². The Morgan fingerprint density at radius 3 is 2.86 bits per heavy atom. The maximum atomic E-state index is 12.8. The molecule has 1 saturated heterocycles. The van der Waals surface area contributed by atoms with E-state index in [9.17, 15) is 14.7 Å². The molecule has 2 rings (SSSR count). The quantitative estimate of drug-likeness (QED) is 0.865. The number of aromatic nitrogens is 1. The summed E-state index contributed by atoms with van der Waals surface area (Å²) >= 11 is 0. The van der Waals surface area contributed by atoms with Gasteiger partial charge in [-0.3, -0.25) is 4.79 Å². The van der Waals surface area contributed by atoms with Crippen molar-refractivity contribution in [2.24, 2.45) is 0 Å². The van der Waals surface area contributed by atoms with Gasteiger partial charge in [0.1, 0.15) is 11.2 Å². The minimum absolute atomic E-state index is 0.210. The van der Waals surface area contributed by atoms with Crippen LogP contribution in [0.4, 0.5) is 0 Å². The molecule has 1 unspecified atom stereocenters. The Labute approximate surface area is 124 Å². The average Bonchev–Trinajstić information content (AvgIpc) is 3.11. The average molecular weight is 294 g/mol. The molecule has 0 radical (unpaired) electrons. The lowest BCUT2D eigenvalue weighted by molar-refractivity contribution is -0.148. The third-order valence-corrected chi connectivity index (χ3v) is 4.30. The molecule has 21 heavy (non-hydrogen) atoms. The van der Waals surface area contributed by atoms with Gasteiger partial charge >= 0.3 is 5.97 Å². The highest BCUT2D eigenvalue weighted by Crippen LogP contribution is 2.34. The second-order valence-corrected chi connectivity index (χ2v) is 5.33. The molecule has 1 atom stereocenters. The zero-order chi connectivity index (χ0) is 15.5. The van der Waals surface area contributed by atoms with E-state index in [0.29, 0.717) is 38.2 Å². The van der Waals surface area contributed by atoms with E-state index in [0.717, 1.165) is 6.42 Å². The number of carbonyl (C=O) groups is 2. The van der Waals surface area contributed by atoms with Gasteiger partial charge in [0.15, 0.2) is 0 Å². The van der Waals surface area contributed by atoms with Crippen molar-refractivity contribution < 1.29 is 19.4 Å². The van der Waals surface area contributed by atoms with Gasteiger partial charge in [-0.25, -0.2) is 4.79 Å². The topological polar surface area (TPSA) is 71.8 Å². The smallest absolute Gasteiger partial charge is 0.329 e. The molecule has 0 spiro atoms. The molecule has 1 aromatic heterocycles. The van der Waals surface area contributed by atoms with Crippen molar-refractivity contribution in [2.75, 3.05) is 20.3 Å². The summed E-state index contributed by atoms with van der Waals surface area (Å²) in [5.74, 6) is -1.12. The molecule has 1 amide bonds. The molecule has 116 valence electrons. The minimum atomic E-state index is -1.06. The Balaban J connectivity index is 2.27. The number of carboxylic acid groups (broad SMARTS) is 1. The van der Waals surface area contributed by atoms with Gasteiger partial charge in [0.2, 0.25) is 0 Å². The summed E-state index contributed by atoms with van der Waals surface area (Å²) in [6.45, 7) is 3.40. The van der Waals surface area contributed by atoms with Crippen molar-refractivity contribution in [2.45, 2.75) is 38.3 Å². The number of likely N-dealkylation sites (tertiary alicyclic amines) is 1. The Morgan fingerprint density at radius 1 is 1.48 bits per heavy atom. The standard InChI is InChI=1S/C15H22N2O4/c1-3-15(14(19)20)7-5-9-17(15)13(18)12-6-4-8-16(12)10-11-21-2/h4,6,8H,3,5,7,9-11H2,1-2H3,(H,19,20). The summed E-state index contributed by atoms with van der Waals surface area (Å²) in [5, 5.41) is 9.57. The van der Waals surface area contributed by atoms with Gasteiger partial charge in [-0.15, -0.1) is 0 Å². The third kappa shape index (κ3) is 2.68. The van der Waals surface area contributed by atoms with Gasteiger partial charge in [-0.05, 0) is 31.4 Å². The van der Waals surface area contributed by atoms with Crippen molar-refractivity contribution in [3.63, 3.8) is 0 Å². The van der Waals surface area contributed by atoms with E-state index in [1.54, 1.807) is 19.2 Å². The van der Waals surface area contributed by atoms with Crippen LogP contribution in [0.15, 0.2) is 18.3 Å². The molecule has 6 nitrogen and oxygen atoms in total. The number of ether oxygens (including phenoxy) is 1. The normalized spacial score (nSPS) is 21.7. The molecule has 1 fully saturated rings. The van der Waals surface area contributed by atoms with Crippen LogP contribution >= 0.6 is 0 Å². The molecule has 0 bridgehead atoms. The van der Waals surface area contributed by atoms with Crippen LogP contribution in [0.5, 0.6) is 0 Å². The maximum absolute atomic E-state index is 12.8. The lowest BCUT2D eigenvalue weighted by Gasteiger charge is -2.34. The first kappa shape index (κ1) is 15.6. The van der Waals surface area contributed by atoms with Crippen LogP contribution in [0, 0.1) is 0 Å². The van der Waals surface area contributed by atoms with Crippen LogP contribution < -0.4 is 0 Å². The predicted octanol–water partition coefficient (Wildman–Crippen LogP) is 1.60. The molecule has 0 aromatic carbocycles. The van der Waals surface area contributed by atoms with Gasteiger partial charge in [0.25, 0.3) is 5.91 Å². The van der Waals surface area contributed by atoms with Crippen molar-refractivity contribution in [1.29, 1.82) is 0 Å². The summed E-state index contributed by atoms with van der Waals surface area (Å²) in [6.07, 6.45) is 3.48. The second-order valence-electron chi connectivity index (χ2n) is 5.33. The lowest BCUT2D eigenvalue weighted by Crippen LogP contribution is -2.53. The van der Waals surface area contributed by atoms with Crippen LogP contribution in [0.25, 0.3) is 0 Å². The summed E-state index contributed by atoms with van der Waals surface area (Å²) < 4.78 is 6.85. The number of carbonyl (C=O) groups excluding carboxylic acids is 1. The number of rotatable bonds is 6. The molecular formula is C15H22N2O4. The summed E-state index contributed by atoms with van der Waals surface area (Å²) in [7, 11) is 1.61. The molecule has 0 saturated carbocycles. The Bertz CT molecular complexity index is 525. The van der Waals surface area contributed by atoms with Crippen molar-refractivity contribution in [3.05, 3.63) is 24.0 Å². The first-order chi connectivity index (χ1) is 10.1. The number of aliphatic carboxylic acids is 1. The number of hydrogen-bond acceptors (Lipinski definition) is 3. The molecule has 1 aromatic rings. The summed E-state index contributed by atoms with van der Waals surface area (Å²) in [4.78, 5) is 26.0. The van der Waals surface area contributed by atoms with Crippen LogP contribution in [0.3, 0.4) is 0 Å². The molecule has 2 heterocycles. The zero-order valence-electron chi connectivity index (χ0n) is 12.5. The van der Waals surface area contributed by atoms with Gasteiger partial charge in [0, 0.05) is 26.4 Å². The number of methoxy groups -OCH3 is 1. The molecule has 1 aliphatic heterocycles. The molecule has 0 aliphatic carbocycles. The number of amides is 1. The number of hydrogen-bond donors (Lipinski definition) is 1. The zero-order valence-corrected chi connectivity index (χ0v) is 12.5. The molecular weight excluding hydrogens is 272 g/mol. The van der Waals surface area contributed by atoms with Crippen LogP contribution in [0.2, 0.25) is 0 Å². The molecule has 1 N–H and O–H groups in total. The van der Waals surface area contributed by atoms with Crippen LogP contribution in [-0.4, -0.2) is 52.3 Å². The Kier molecular flexibility index (Phi) is 4.67. The van der Waals surface area contributed by atoms with Gasteiger partial charge < -0.3 is 19.3 Å². The Morgan fingerprint density at radius 2 is 2.24 bits per heavy atom. The SMILES string of the molecule is CCC1(C(=O)O)CCCN1C(=O)c1cccn1CCOC. The summed E-state index contributed by atoms with van der Waals surface area (Å²) in [6, 6.07) is 3.53. The monoisotopic (exact) mass is 294 g/mol. The highest BCUT2D eigenvalue weighted by Gasteiger charge is 2.49. The second kappa shape index (κ2) is 6.30. The van der Waals surface area contributed by atoms with E-state index >= 15 is 0 Å². The molecule has 1 aliphatic rings. The number of nitrogens with zero attached hydrogens (tertiary/aromatic N) is 2. The summed E-state index contributed by atoms with van der Waals surface area (Å²) in [5.41, 5.74) is -0.541. The van der Waals surface area contributed by atoms with Crippen LogP contribution in [0.1, 0.15) is 36.7 Å². The highest BCUT2D eigenvalue weighted by molar-refractivity contribution is 5.97. The van der Waals surface area contributed by atoms with Crippen LogP contribution in [-0.2, 0) is 16.1 Å².